The van der Waals surface area contributed by atoms with Gasteiger partial charge in [0.2, 0.25) is 0 Å². The maximum Gasteiger partial charge on any atom is 0.345 e. The topological polar surface area (TPSA) is 62.2 Å². The molecule has 0 saturated carbocycles. The summed E-state index contributed by atoms with van der Waals surface area (Å²) in [6.45, 7) is 0.627. The van der Waals surface area contributed by atoms with E-state index in [-0.39, 0.29) is 0 Å². The number of aromatic carboxylic acids is 1. The zero-order valence-electron chi connectivity index (χ0n) is 9.79. The fourth-order valence-corrected chi connectivity index (χ4v) is 3.24. The monoisotopic (exact) mass is 290 g/mol. The summed E-state index contributed by atoms with van der Waals surface area (Å²) in [4.78, 5) is 16.4. The van der Waals surface area contributed by atoms with Crippen LogP contribution in [-0.4, -0.2) is 16.1 Å². The van der Waals surface area contributed by atoms with Crippen LogP contribution in [0.4, 0.5) is 5.69 Å². The zero-order valence-corrected chi connectivity index (χ0v) is 11.4. The van der Waals surface area contributed by atoms with Crippen molar-refractivity contribution < 1.29 is 9.90 Å². The van der Waals surface area contributed by atoms with Crippen LogP contribution < -0.4 is 5.32 Å². The van der Waals surface area contributed by atoms with E-state index in [0.29, 0.717) is 11.4 Å². The Morgan fingerprint density at radius 2 is 2.21 bits per heavy atom. The lowest BCUT2D eigenvalue weighted by Gasteiger charge is -2.04. The summed E-state index contributed by atoms with van der Waals surface area (Å²) in [7, 11) is 0. The Bertz CT molecular complexity index is 733. The third kappa shape index (κ3) is 2.59. The van der Waals surface area contributed by atoms with Crippen molar-refractivity contribution in [3.8, 4) is 0 Å². The van der Waals surface area contributed by atoms with E-state index >= 15 is 0 Å². The number of hydrogen-bond acceptors (Lipinski definition) is 5. The first-order valence-corrected chi connectivity index (χ1v) is 7.31. The van der Waals surface area contributed by atoms with Gasteiger partial charge in [-0.05, 0) is 30.3 Å². The molecule has 0 radical (unpaired) electrons. The highest BCUT2D eigenvalue weighted by Gasteiger charge is 2.06. The molecular weight excluding hydrogens is 280 g/mol. The largest absolute Gasteiger partial charge is 0.477 e. The number of carboxylic acid groups (broad SMARTS) is 1. The lowest BCUT2D eigenvalue weighted by atomic mass is 10.3. The van der Waals surface area contributed by atoms with Gasteiger partial charge in [0.05, 0.1) is 15.7 Å². The molecule has 0 unspecified atom stereocenters. The fraction of sp³-hybridized carbons (Fsp3) is 0.0769. The summed E-state index contributed by atoms with van der Waals surface area (Å²) in [6, 6.07) is 9.49. The van der Waals surface area contributed by atoms with Crippen molar-refractivity contribution in [3.63, 3.8) is 0 Å². The molecule has 0 fully saturated rings. The van der Waals surface area contributed by atoms with Gasteiger partial charge in [-0.3, -0.25) is 0 Å². The van der Waals surface area contributed by atoms with Crippen molar-refractivity contribution in [2.45, 2.75) is 6.54 Å². The Morgan fingerprint density at radius 1 is 1.32 bits per heavy atom. The lowest BCUT2D eigenvalue weighted by Crippen LogP contribution is -1.96. The van der Waals surface area contributed by atoms with Crippen LogP contribution >= 0.6 is 22.7 Å². The van der Waals surface area contributed by atoms with Gasteiger partial charge in [-0.15, -0.1) is 22.7 Å². The number of benzene rings is 1. The molecule has 0 atom stereocenters. The summed E-state index contributed by atoms with van der Waals surface area (Å²) >= 11 is 2.90. The molecule has 96 valence electrons. The Hall–Kier alpha value is -1.92. The Kier molecular flexibility index (Phi) is 3.18. The van der Waals surface area contributed by atoms with Gasteiger partial charge in [0.15, 0.2) is 0 Å². The maximum atomic E-state index is 10.8. The molecule has 0 spiro atoms. The van der Waals surface area contributed by atoms with Crippen molar-refractivity contribution >= 4 is 44.5 Å². The number of fused-ring (bicyclic) bond motifs is 1. The van der Waals surface area contributed by atoms with Crippen molar-refractivity contribution in [2.75, 3.05) is 5.32 Å². The van der Waals surface area contributed by atoms with E-state index < -0.39 is 5.97 Å². The minimum absolute atomic E-state index is 0.370. The number of nitrogens with zero attached hydrogens (tertiary/aromatic N) is 1. The van der Waals surface area contributed by atoms with E-state index in [0.717, 1.165) is 20.8 Å². The van der Waals surface area contributed by atoms with Crippen LogP contribution in [0.2, 0.25) is 0 Å². The van der Waals surface area contributed by atoms with E-state index in [1.54, 1.807) is 17.4 Å². The van der Waals surface area contributed by atoms with Gasteiger partial charge in [0.25, 0.3) is 0 Å². The molecule has 2 aromatic heterocycles. The molecule has 0 saturated heterocycles. The van der Waals surface area contributed by atoms with Gasteiger partial charge in [0, 0.05) is 17.1 Å². The predicted octanol–water partition coefficient (Wildman–Crippen LogP) is 3.67. The predicted molar refractivity (Wildman–Crippen MR) is 78.2 cm³/mol. The second kappa shape index (κ2) is 4.99. The maximum absolute atomic E-state index is 10.8. The summed E-state index contributed by atoms with van der Waals surface area (Å²) in [5, 5.41) is 12.2. The van der Waals surface area contributed by atoms with Crippen molar-refractivity contribution in [3.05, 3.63) is 45.6 Å². The van der Waals surface area contributed by atoms with Gasteiger partial charge in [-0.2, -0.15) is 0 Å². The molecule has 0 aliphatic carbocycles. The van der Waals surface area contributed by atoms with Crippen LogP contribution in [0.3, 0.4) is 0 Å². The number of nitrogens with one attached hydrogen (secondary N) is 1. The summed E-state index contributed by atoms with van der Waals surface area (Å²) < 4.78 is 1.14. The standard InChI is InChI=1S/C13H10N2O2S2/c16-13(17)11-4-2-9(19-11)6-14-8-1-3-10-12(5-8)18-7-15-10/h1-5,7,14H,6H2,(H,16,17). The molecule has 2 heterocycles. The molecule has 0 aliphatic rings. The second-order valence-electron chi connectivity index (χ2n) is 3.96. The van der Waals surface area contributed by atoms with Gasteiger partial charge in [-0.1, -0.05) is 0 Å². The quantitative estimate of drug-likeness (QED) is 0.769. The third-order valence-corrected chi connectivity index (χ3v) is 4.54. The highest BCUT2D eigenvalue weighted by Crippen LogP contribution is 2.23. The molecular formula is C13H10N2O2S2. The Morgan fingerprint density at radius 3 is 3.00 bits per heavy atom. The fourth-order valence-electron chi connectivity index (χ4n) is 1.74. The molecule has 0 bridgehead atoms. The van der Waals surface area contributed by atoms with Crippen LogP contribution in [0.5, 0.6) is 0 Å². The SMILES string of the molecule is O=C(O)c1ccc(CNc2ccc3ncsc3c2)s1. The van der Waals surface area contributed by atoms with E-state index in [2.05, 4.69) is 16.4 Å². The van der Waals surface area contributed by atoms with Crippen LogP contribution in [0, 0.1) is 0 Å². The zero-order chi connectivity index (χ0) is 13.2. The molecule has 3 rings (SSSR count). The van der Waals surface area contributed by atoms with Crippen LogP contribution in [0.25, 0.3) is 10.2 Å². The van der Waals surface area contributed by atoms with Gasteiger partial charge >= 0.3 is 5.97 Å². The summed E-state index contributed by atoms with van der Waals surface area (Å²) in [6.07, 6.45) is 0. The third-order valence-electron chi connectivity index (χ3n) is 2.67. The van der Waals surface area contributed by atoms with Gasteiger partial charge in [-0.25, -0.2) is 9.78 Å². The van der Waals surface area contributed by atoms with Crippen molar-refractivity contribution in [1.82, 2.24) is 4.98 Å². The number of thiophene rings is 1. The smallest absolute Gasteiger partial charge is 0.345 e. The van der Waals surface area contributed by atoms with E-state index in [4.69, 9.17) is 5.11 Å². The number of aromatic nitrogens is 1. The molecule has 3 aromatic rings. The average Bonchev–Trinajstić information content (AvgIpc) is 3.04. The van der Waals surface area contributed by atoms with Crippen molar-refractivity contribution in [2.24, 2.45) is 0 Å². The van der Waals surface area contributed by atoms with Crippen LogP contribution in [0.1, 0.15) is 14.5 Å². The first kappa shape index (κ1) is 12.1. The lowest BCUT2D eigenvalue weighted by molar-refractivity contribution is 0.0702. The van der Waals surface area contributed by atoms with E-state index in [1.165, 1.54) is 11.3 Å². The van der Waals surface area contributed by atoms with E-state index in [9.17, 15) is 4.79 Å². The van der Waals surface area contributed by atoms with Crippen LogP contribution in [-0.2, 0) is 6.54 Å². The molecule has 19 heavy (non-hydrogen) atoms. The van der Waals surface area contributed by atoms with E-state index in [1.807, 2.05) is 23.7 Å². The second-order valence-corrected chi connectivity index (χ2v) is 6.01. The molecule has 0 amide bonds. The van der Waals surface area contributed by atoms with Gasteiger partial charge in [0.1, 0.15) is 4.88 Å². The Balaban J connectivity index is 1.72. The van der Waals surface area contributed by atoms with Crippen molar-refractivity contribution in [1.29, 1.82) is 0 Å². The Labute approximate surface area is 117 Å². The van der Waals surface area contributed by atoms with Gasteiger partial charge < -0.3 is 10.4 Å². The minimum atomic E-state index is -0.873. The number of carbonyl (C=O) groups is 1. The normalized spacial score (nSPS) is 10.7. The number of carboxylic acids is 1. The average molecular weight is 290 g/mol. The minimum Gasteiger partial charge on any atom is -0.477 e. The number of thiazole rings is 1. The number of hydrogen-bond donors (Lipinski definition) is 2. The molecule has 2 N–H and O–H groups in total. The molecule has 0 aliphatic heterocycles. The number of anilines is 1. The summed E-state index contributed by atoms with van der Waals surface area (Å²) in [5.41, 5.74) is 3.84. The highest BCUT2D eigenvalue weighted by atomic mass is 32.1. The summed E-state index contributed by atoms with van der Waals surface area (Å²) in [5.74, 6) is -0.873. The molecule has 4 nitrogen and oxygen atoms in total. The first-order valence-electron chi connectivity index (χ1n) is 5.61. The first-order chi connectivity index (χ1) is 9.22. The molecule has 6 heteroatoms. The molecule has 1 aromatic carbocycles. The highest BCUT2D eigenvalue weighted by molar-refractivity contribution is 7.16. The van der Waals surface area contributed by atoms with Crippen LogP contribution in [0.15, 0.2) is 35.8 Å². The number of rotatable bonds is 4.